The van der Waals surface area contributed by atoms with E-state index in [2.05, 4.69) is 29.6 Å². The van der Waals surface area contributed by atoms with Gasteiger partial charge in [0.2, 0.25) is 5.91 Å². The molecule has 0 saturated heterocycles. The van der Waals surface area contributed by atoms with Crippen LogP contribution in [0.5, 0.6) is 5.75 Å². The molecule has 3 aromatic carbocycles. The molecule has 1 amide bonds. The number of phenolic OH excluding ortho intramolecular Hbond substituents is 1. The summed E-state index contributed by atoms with van der Waals surface area (Å²) in [7, 11) is 0. The lowest BCUT2D eigenvalue weighted by molar-refractivity contribution is -0.123. The molecule has 156 valence electrons. The predicted octanol–water partition coefficient (Wildman–Crippen LogP) is 4.35. The predicted molar refractivity (Wildman–Crippen MR) is 122 cm³/mol. The van der Waals surface area contributed by atoms with Gasteiger partial charge in [0.25, 0.3) is 0 Å². The second kappa shape index (κ2) is 9.59. The summed E-state index contributed by atoms with van der Waals surface area (Å²) in [5.41, 5.74) is 12.6. The lowest BCUT2D eigenvalue weighted by Gasteiger charge is -2.20. The maximum Gasteiger partial charge on any atom is 0.237 e. The van der Waals surface area contributed by atoms with Crippen LogP contribution in [-0.4, -0.2) is 17.1 Å². The van der Waals surface area contributed by atoms with Crippen LogP contribution in [0.3, 0.4) is 0 Å². The zero-order valence-electron chi connectivity index (χ0n) is 17.9. The molecule has 2 atom stereocenters. The van der Waals surface area contributed by atoms with Crippen molar-refractivity contribution in [1.29, 1.82) is 0 Å². The van der Waals surface area contributed by atoms with E-state index in [1.54, 1.807) is 12.1 Å². The van der Waals surface area contributed by atoms with Crippen molar-refractivity contribution in [2.24, 2.45) is 5.73 Å². The van der Waals surface area contributed by atoms with Crippen LogP contribution < -0.4 is 11.1 Å². The Morgan fingerprint density at radius 3 is 2.27 bits per heavy atom. The summed E-state index contributed by atoms with van der Waals surface area (Å²) < 4.78 is 0. The van der Waals surface area contributed by atoms with E-state index in [1.807, 2.05) is 51.1 Å². The Hall–Kier alpha value is -3.11. The lowest BCUT2D eigenvalue weighted by Crippen LogP contribution is -2.43. The fraction of sp³-hybridized carbons (Fsp3) is 0.269. The summed E-state index contributed by atoms with van der Waals surface area (Å²) in [5, 5.41) is 12.8. The summed E-state index contributed by atoms with van der Waals surface area (Å²) in [4.78, 5) is 12.7. The third-order valence-corrected chi connectivity index (χ3v) is 5.50. The lowest BCUT2D eigenvalue weighted by atomic mass is 9.95. The Bertz CT molecular complexity index is 992. The van der Waals surface area contributed by atoms with Gasteiger partial charge in [0.05, 0.1) is 12.1 Å². The number of phenols is 1. The maximum absolute atomic E-state index is 12.7. The molecule has 0 fully saturated rings. The average Bonchev–Trinajstić information content (AvgIpc) is 2.71. The van der Waals surface area contributed by atoms with Crippen LogP contribution in [0.4, 0.5) is 0 Å². The normalized spacial score (nSPS) is 12.9. The molecule has 0 aliphatic rings. The number of nitrogens with one attached hydrogen (secondary N) is 1. The van der Waals surface area contributed by atoms with E-state index in [4.69, 9.17) is 5.73 Å². The highest BCUT2D eigenvalue weighted by Gasteiger charge is 2.19. The van der Waals surface area contributed by atoms with Crippen molar-refractivity contribution in [2.75, 3.05) is 0 Å². The van der Waals surface area contributed by atoms with E-state index in [9.17, 15) is 9.90 Å². The van der Waals surface area contributed by atoms with Gasteiger partial charge >= 0.3 is 0 Å². The molecular weight excluding hydrogens is 372 g/mol. The van der Waals surface area contributed by atoms with Crippen molar-refractivity contribution in [3.8, 4) is 5.75 Å². The van der Waals surface area contributed by atoms with Gasteiger partial charge in [-0.2, -0.15) is 0 Å². The Balaban J connectivity index is 1.64. The zero-order valence-corrected chi connectivity index (χ0v) is 17.9. The molecular formula is C26H30N2O2. The average molecular weight is 403 g/mol. The monoisotopic (exact) mass is 402 g/mol. The van der Waals surface area contributed by atoms with Crippen molar-refractivity contribution >= 4 is 5.91 Å². The Labute approximate surface area is 178 Å². The van der Waals surface area contributed by atoms with Gasteiger partial charge in [0, 0.05) is 0 Å². The first kappa shape index (κ1) is 21.6. The fourth-order valence-corrected chi connectivity index (χ4v) is 3.81. The van der Waals surface area contributed by atoms with Gasteiger partial charge in [0.1, 0.15) is 5.75 Å². The number of benzene rings is 3. The Morgan fingerprint density at radius 1 is 0.967 bits per heavy atom. The number of carbonyl (C=O) groups excluding carboxylic acids is 1. The van der Waals surface area contributed by atoms with Gasteiger partial charge in [-0.05, 0) is 79.1 Å². The number of carbonyl (C=O) groups is 1. The molecule has 4 heteroatoms. The second-order valence-electron chi connectivity index (χ2n) is 8.01. The van der Waals surface area contributed by atoms with E-state index < -0.39 is 6.04 Å². The minimum atomic E-state index is -0.651. The molecule has 0 aliphatic heterocycles. The standard InChI is InChI=1S/C26H30N2O2/c1-17-12-23(29)13-18(2)24(17)16-25(27)26(30)28-19(3)22-11-7-10-21(15-22)14-20-8-5-4-6-9-20/h4-13,15,19,25,29H,14,16,27H2,1-3H3,(H,28,30)/t19-,25+/m1/s1. The van der Waals surface area contributed by atoms with Crippen LogP contribution in [0, 0.1) is 13.8 Å². The highest BCUT2D eigenvalue weighted by molar-refractivity contribution is 5.82. The second-order valence-corrected chi connectivity index (χ2v) is 8.01. The summed E-state index contributed by atoms with van der Waals surface area (Å²) in [6.45, 7) is 5.82. The van der Waals surface area contributed by atoms with Crippen molar-refractivity contribution in [3.05, 3.63) is 100 Å². The molecule has 3 aromatic rings. The number of amides is 1. The maximum atomic E-state index is 12.7. The first-order chi connectivity index (χ1) is 14.3. The van der Waals surface area contributed by atoms with Crippen molar-refractivity contribution < 1.29 is 9.90 Å². The zero-order chi connectivity index (χ0) is 21.7. The molecule has 0 heterocycles. The van der Waals surface area contributed by atoms with Crippen LogP contribution in [-0.2, 0) is 17.6 Å². The van der Waals surface area contributed by atoms with E-state index in [1.165, 1.54) is 11.1 Å². The number of aromatic hydroxyl groups is 1. The van der Waals surface area contributed by atoms with Crippen LogP contribution in [0.1, 0.15) is 46.3 Å². The highest BCUT2D eigenvalue weighted by atomic mass is 16.3. The molecule has 0 radical (unpaired) electrons. The van der Waals surface area contributed by atoms with Gasteiger partial charge < -0.3 is 16.2 Å². The summed E-state index contributed by atoms with van der Waals surface area (Å²) in [6.07, 6.45) is 1.29. The minimum absolute atomic E-state index is 0.138. The van der Waals surface area contributed by atoms with Crippen LogP contribution in [0.2, 0.25) is 0 Å². The van der Waals surface area contributed by atoms with Gasteiger partial charge in [-0.3, -0.25) is 4.79 Å². The third-order valence-electron chi connectivity index (χ3n) is 5.50. The quantitative estimate of drug-likeness (QED) is 0.550. The minimum Gasteiger partial charge on any atom is -0.508 e. The van der Waals surface area contributed by atoms with Crippen LogP contribution >= 0.6 is 0 Å². The van der Waals surface area contributed by atoms with E-state index >= 15 is 0 Å². The number of nitrogens with two attached hydrogens (primary N) is 1. The first-order valence-electron chi connectivity index (χ1n) is 10.3. The van der Waals surface area contributed by atoms with Crippen molar-refractivity contribution in [2.45, 2.75) is 45.7 Å². The number of hydrogen-bond acceptors (Lipinski definition) is 3. The highest BCUT2D eigenvalue weighted by Crippen LogP contribution is 2.22. The Kier molecular flexibility index (Phi) is 6.91. The largest absolute Gasteiger partial charge is 0.508 e. The molecule has 4 nitrogen and oxygen atoms in total. The number of aryl methyl sites for hydroxylation is 2. The molecule has 4 N–H and O–H groups in total. The molecule has 30 heavy (non-hydrogen) atoms. The molecule has 0 spiro atoms. The molecule has 0 unspecified atom stereocenters. The molecule has 3 rings (SSSR count). The SMILES string of the molecule is Cc1cc(O)cc(C)c1C[C@H](N)C(=O)N[C@H](C)c1cccc(Cc2ccccc2)c1. The Morgan fingerprint density at radius 2 is 1.60 bits per heavy atom. The topological polar surface area (TPSA) is 75.3 Å². The van der Waals surface area contributed by atoms with E-state index in [0.29, 0.717) is 6.42 Å². The molecule has 0 aromatic heterocycles. The van der Waals surface area contributed by atoms with Crippen LogP contribution in [0.15, 0.2) is 66.7 Å². The van der Waals surface area contributed by atoms with Gasteiger partial charge in [-0.1, -0.05) is 54.6 Å². The van der Waals surface area contributed by atoms with Crippen molar-refractivity contribution in [3.63, 3.8) is 0 Å². The van der Waals surface area contributed by atoms with Gasteiger partial charge in [-0.25, -0.2) is 0 Å². The van der Waals surface area contributed by atoms with E-state index in [0.717, 1.165) is 28.7 Å². The van der Waals surface area contributed by atoms with Crippen molar-refractivity contribution in [1.82, 2.24) is 5.32 Å². The van der Waals surface area contributed by atoms with E-state index in [-0.39, 0.29) is 17.7 Å². The summed E-state index contributed by atoms with van der Waals surface area (Å²) in [6, 6.07) is 21.2. The summed E-state index contributed by atoms with van der Waals surface area (Å²) in [5.74, 6) is 0.0543. The smallest absolute Gasteiger partial charge is 0.237 e. The summed E-state index contributed by atoms with van der Waals surface area (Å²) >= 11 is 0. The fourth-order valence-electron chi connectivity index (χ4n) is 3.81. The number of rotatable bonds is 7. The molecule has 0 aliphatic carbocycles. The van der Waals surface area contributed by atoms with Crippen LogP contribution in [0.25, 0.3) is 0 Å². The molecule has 0 saturated carbocycles. The number of hydrogen-bond donors (Lipinski definition) is 3. The molecule has 0 bridgehead atoms. The van der Waals surface area contributed by atoms with Gasteiger partial charge in [-0.15, -0.1) is 0 Å². The first-order valence-corrected chi connectivity index (χ1v) is 10.3. The van der Waals surface area contributed by atoms with Gasteiger partial charge in [0.15, 0.2) is 0 Å². The third kappa shape index (κ3) is 5.49.